The summed E-state index contributed by atoms with van der Waals surface area (Å²) < 4.78 is 1.90. The summed E-state index contributed by atoms with van der Waals surface area (Å²) in [5.41, 5.74) is 1.30. The van der Waals surface area contributed by atoms with Gasteiger partial charge in [-0.3, -0.25) is 4.68 Å². The van der Waals surface area contributed by atoms with Gasteiger partial charge < -0.3 is 10.2 Å². The molecular formula is C15H20N4OS. The second-order valence-corrected chi connectivity index (χ2v) is 6.56. The molecule has 2 aromatic heterocycles. The van der Waals surface area contributed by atoms with Crippen LogP contribution in [-0.2, 0) is 19.5 Å². The Kier molecular flexibility index (Phi) is 4.24. The van der Waals surface area contributed by atoms with Gasteiger partial charge in [0.25, 0.3) is 0 Å². The molecule has 0 unspecified atom stereocenters. The van der Waals surface area contributed by atoms with E-state index >= 15 is 0 Å². The maximum absolute atomic E-state index is 12.2. The fraction of sp³-hybridized carbons (Fsp3) is 0.467. The number of amides is 2. The zero-order chi connectivity index (χ0) is 14.7. The Labute approximate surface area is 128 Å². The van der Waals surface area contributed by atoms with Crippen LogP contribution in [0.4, 0.5) is 4.79 Å². The van der Waals surface area contributed by atoms with Crippen LogP contribution in [0.5, 0.6) is 0 Å². The summed E-state index contributed by atoms with van der Waals surface area (Å²) in [4.78, 5) is 15.6. The van der Waals surface area contributed by atoms with Crippen molar-refractivity contribution in [2.24, 2.45) is 5.92 Å². The number of urea groups is 1. The molecule has 0 saturated heterocycles. The third-order valence-electron chi connectivity index (χ3n) is 3.75. The number of carbonyl (C=O) groups excluding carboxylic acids is 1. The van der Waals surface area contributed by atoms with E-state index in [2.05, 4.69) is 28.8 Å². The number of hydrogen-bond donors (Lipinski definition) is 1. The van der Waals surface area contributed by atoms with E-state index in [0.717, 1.165) is 26.1 Å². The van der Waals surface area contributed by atoms with Crippen LogP contribution >= 0.6 is 11.3 Å². The van der Waals surface area contributed by atoms with Crippen LogP contribution in [0.1, 0.15) is 17.4 Å². The smallest absolute Gasteiger partial charge is 0.317 e. The average molecular weight is 304 g/mol. The molecule has 21 heavy (non-hydrogen) atoms. The highest BCUT2D eigenvalue weighted by atomic mass is 32.1. The van der Waals surface area contributed by atoms with Crippen LogP contribution in [0, 0.1) is 5.92 Å². The fourth-order valence-corrected chi connectivity index (χ4v) is 3.48. The molecule has 1 atom stereocenters. The topological polar surface area (TPSA) is 50.2 Å². The monoisotopic (exact) mass is 304 g/mol. The van der Waals surface area contributed by atoms with Crippen LogP contribution < -0.4 is 5.32 Å². The highest BCUT2D eigenvalue weighted by molar-refractivity contribution is 7.10. The molecule has 0 saturated carbocycles. The molecular weight excluding hydrogens is 284 g/mol. The normalized spacial score (nSPS) is 15.6. The summed E-state index contributed by atoms with van der Waals surface area (Å²) in [5, 5.41) is 9.33. The summed E-state index contributed by atoms with van der Waals surface area (Å²) in [6.07, 6.45) is 4.70. The first-order chi connectivity index (χ1) is 10.2. The number of nitrogens with zero attached hydrogens (tertiary/aromatic N) is 3. The second kappa shape index (κ2) is 6.30. The van der Waals surface area contributed by atoms with Crippen molar-refractivity contribution in [2.75, 3.05) is 13.1 Å². The minimum absolute atomic E-state index is 0.0409. The Bertz CT molecular complexity index is 593. The molecule has 2 amide bonds. The summed E-state index contributed by atoms with van der Waals surface area (Å²) in [5.74, 6) is 0.357. The fourth-order valence-electron chi connectivity index (χ4n) is 2.59. The molecule has 0 aromatic carbocycles. The lowest BCUT2D eigenvalue weighted by atomic mass is 10.1. The Morgan fingerprint density at radius 2 is 2.48 bits per heavy atom. The van der Waals surface area contributed by atoms with Gasteiger partial charge in [-0.05, 0) is 35.4 Å². The van der Waals surface area contributed by atoms with E-state index in [-0.39, 0.29) is 6.03 Å². The number of carbonyl (C=O) groups is 1. The standard InChI is InChI=1S/C15H20N4OS/c1-12(10-19-6-2-5-17-19)9-16-15(20)18-7-3-14-13(11-18)4-8-21-14/h2,4-6,8,12H,3,7,9-11H2,1H3,(H,16,20)/t12-/m0/s1. The Morgan fingerprint density at radius 3 is 3.29 bits per heavy atom. The lowest BCUT2D eigenvalue weighted by molar-refractivity contribution is 0.190. The van der Waals surface area contributed by atoms with E-state index in [1.54, 1.807) is 17.5 Å². The molecule has 0 spiro atoms. The molecule has 0 aliphatic carbocycles. The first-order valence-electron chi connectivity index (χ1n) is 7.28. The van der Waals surface area contributed by atoms with Crippen molar-refractivity contribution < 1.29 is 4.79 Å². The number of fused-ring (bicyclic) bond motifs is 1. The number of thiophene rings is 1. The summed E-state index contributed by atoms with van der Waals surface area (Å²) in [6.45, 7) is 5.16. The zero-order valence-electron chi connectivity index (χ0n) is 12.2. The first-order valence-corrected chi connectivity index (χ1v) is 8.16. The largest absolute Gasteiger partial charge is 0.338 e. The molecule has 112 valence electrons. The number of nitrogens with one attached hydrogen (secondary N) is 1. The number of aromatic nitrogens is 2. The zero-order valence-corrected chi connectivity index (χ0v) is 13.0. The second-order valence-electron chi connectivity index (χ2n) is 5.56. The molecule has 5 nitrogen and oxygen atoms in total. The van der Waals surface area contributed by atoms with Crippen molar-refractivity contribution >= 4 is 17.4 Å². The van der Waals surface area contributed by atoms with E-state index < -0.39 is 0 Å². The van der Waals surface area contributed by atoms with Gasteiger partial charge in [0.05, 0.1) is 0 Å². The van der Waals surface area contributed by atoms with Crippen LogP contribution in [0.25, 0.3) is 0 Å². The molecule has 2 aromatic rings. The lowest BCUT2D eigenvalue weighted by Crippen LogP contribution is -2.44. The maximum atomic E-state index is 12.2. The van der Waals surface area contributed by atoms with Crippen LogP contribution in [-0.4, -0.2) is 33.8 Å². The number of hydrogen-bond acceptors (Lipinski definition) is 3. The lowest BCUT2D eigenvalue weighted by Gasteiger charge is -2.27. The SMILES string of the molecule is C[C@@H](CNC(=O)N1CCc2sccc2C1)Cn1cccn1. The molecule has 0 bridgehead atoms. The van der Waals surface area contributed by atoms with Crippen molar-refractivity contribution in [1.82, 2.24) is 20.0 Å². The molecule has 1 aliphatic heterocycles. The summed E-state index contributed by atoms with van der Waals surface area (Å²) >= 11 is 1.79. The van der Waals surface area contributed by atoms with Crippen molar-refractivity contribution in [1.29, 1.82) is 0 Å². The van der Waals surface area contributed by atoms with Gasteiger partial charge in [-0.25, -0.2) is 4.79 Å². The molecule has 3 heterocycles. The van der Waals surface area contributed by atoms with E-state index in [0.29, 0.717) is 12.5 Å². The van der Waals surface area contributed by atoms with Gasteiger partial charge in [-0.1, -0.05) is 6.92 Å². The molecule has 0 radical (unpaired) electrons. The minimum Gasteiger partial charge on any atom is -0.338 e. The van der Waals surface area contributed by atoms with Crippen molar-refractivity contribution in [2.45, 2.75) is 26.4 Å². The molecule has 1 N–H and O–H groups in total. The Morgan fingerprint density at radius 1 is 1.57 bits per heavy atom. The summed E-state index contributed by atoms with van der Waals surface area (Å²) in [6, 6.07) is 4.08. The Balaban J connectivity index is 1.46. The van der Waals surface area contributed by atoms with Gasteiger partial charge in [0.1, 0.15) is 0 Å². The van der Waals surface area contributed by atoms with E-state index in [1.165, 1.54) is 10.4 Å². The molecule has 6 heteroatoms. The van der Waals surface area contributed by atoms with Gasteiger partial charge in [-0.2, -0.15) is 5.10 Å². The average Bonchev–Trinajstić information content (AvgIpc) is 3.14. The third-order valence-corrected chi connectivity index (χ3v) is 4.78. The van der Waals surface area contributed by atoms with Gasteiger partial charge in [-0.15, -0.1) is 11.3 Å². The number of rotatable bonds is 4. The van der Waals surface area contributed by atoms with Gasteiger partial charge in [0.2, 0.25) is 0 Å². The highest BCUT2D eigenvalue weighted by Crippen LogP contribution is 2.23. The maximum Gasteiger partial charge on any atom is 0.317 e. The van der Waals surface area contributed by atoms with Crippen LogP contribution in [0.3, 0.4) is 0 Å². The van der Waals surface area contributed by atoms with Crippen molar-refractivity contribution in [3.8, 4) is 0 Å². The van der Waals surface area contributed by atoms with Crippen LogP contribution in [0.15, 0.2) is 29.9 Å². The summed E-state index contributed by atoms with van der Waals surface area (Å²) in [7, 11) is 0. The van der Waals surface area contributed by atoms with E-state index in [9.17, 15) is 4.79 Å². The van der Waals surface area contributed by atoms with Crippen molar-refractivity contribution in [3.05, 3.63) is 40.3 Å². The third kappa shape index (κ3) is 3.44. The first kappa shape index (κ1) is 14.1. The molecule has 3 rings (SSSR count). The predicted octanol–water partition coefficient (Wildman–Crippen LogP) is 2.35. The van der Waals surface area contributed by atoms with Crippen LogP contribution in [0.2, 0.25) is 0 Å². The van der Waals surface area contributed by atoms with Gasteiger partial charge in [0.15, 0.2) is 0 Å². The molecule has 1 aliphatic rings. The van der Waals surface area contributed by atoms with Gasteiger partial charge >= 0.3 is 6.03 Å². The Hall–Kier alpha value is -1.82. The van der Waals surface area contributed by atoms with Gasteiger partial charge in [0, 0.05) is 43.4 Å². The van der Waals surface area contributed by atoms with Crippen molar-refractivity contribution in [3.63, 3.8) is 0 Å². The predicted molar refractivity (Wildman–Crippen MR) is 83.2 cm³/mol. The van der Waals surface area contributed by atoms with E-state index in [1.807, 2.05) is 21.8 Å². The quantitative estimate of drug-likeness (QED) is 0.942. The highest BCUT2D eigenvalue weighted by Gasteiger charge is 2.21. The molecule has 0 fully saturated rings. The minimum atomic E-state index is 0.0409. The van der Waals surface area contributed by atoms with E-state index in [4.69, 9.17) is 0 Å².